The summed E-state index contributed by atoms with van der Waals surface area (Å²) in [6.07, 6.45) is 0.589. The van der Waals surface area contributed by atoms with Crippen LogP contribution in [-0.2, 0) is 10.3 Å². The molecule has 172 valence electrons. The topological polar surface area (TPSA) is 74.3 Å². The summed E-state index contributed by atoms with van der Waals surface area (Å²) in [5, 5.41) is 0.824. The van der Waals surface area contributed by atoms with E-state index in [9.17, 15) is 4.79 Å². The van der Waals surface area contributed by atoms with Crippen LogP contribution in [-0.4, -0.2) is 28.4 Å². The lowest BCUT2D eigenvalue weighted by atomic mass is 9.79. The van der Waals surface area contributed by atoms with Gasteiger partial charge in [-0.2, -0.15) is 4.99 Å². The molecule has 2 heterocycles. The predicted molar refractivity (Wildman–Crippen MR) is 137 cm³/mol. The van der Waals surface area contributed by atoms with Crippen molar-refractivity contribution in [1.82, 2.24) is 4.90 Å². The second-order valence-electron chi connectivity index (χ2n) is 8.50. The van der Waals surface area contributed by atoms with E-state index in [-0.39, 0.29) is 11.9 Å². The predicted octanol–water partition coefficient (Wildman–Crippen LogP) is 5.40. The van der Waals surface area contributed by atoms with Crippen LogP contribution in [0, 0.1) is 0 Å². The number of guanidine groups is 2. The van der Waals surface area contributed by atoms with Crippen LogP contribution in [0.25, 0.3) is 0 Å². The van der Waals surface area contributed by atoms with Crippen LogP contribution in [0.15, 0.2) is 88.8 Å². The van der Waals surface area contributed by atoms with Gasteiger partial charge in [0, 0.05) is 10.0 Å². The molecule has 3 aromatic carbocycles. The van der Waals surface area contributed by atoms with E-state index in [2.05, 4.69) is 4.99 Å². The van der Waals surface area contributed by atoms with Gasteiger partial charge in [0.15, 0.2) is 5.54 Å². The van der Waals surface area contributed by atoms with E-state index in [0.717, 1.165) is 11.1 Å². The molecule has 1 atom stereocenters. The van der Waals surface area contributed by atoms with Gasteiger partial charge in [0.25, 0.3) is 5.91 Å². The Morgan fingerprint density at radius 2 is 1.44 bits per heavy atom. The van der Waals surface area contributed by atoms with Crippen molar-refractivity contribution in [2.75, 3.05) is 4.90 Å². The number of hydrogen-bond donors (Lipinski definition) is 1. The van der Waals surface area contributed by atoms with Crippen molar-refractivity contribution >= 4 is 46.7 Å². The lowest BCUT2D eigenvalue weighted by molar-refractivity contribution is -0.125. The molecule has 1 fully saturated rings. The molecule has 0 spiro atoms. The zero-order valence-electron chi connectivity index (χ0n) is 18.7. The van der Waals surface area contributed by atoms with Crippen LogP contribution >= 0.6 is 23.2 Å². The number of aliphatic imine (C=N–C) groups is 2. The molecule has 8 heteroatoms. The molecule has 0 aromatic heterocycles. The molecule has 2 aliphatic heterocycles. The molecule has 0 aliphatic carbocycles. The molecule has 1 unspecified atom stereocenters. The molecule has 34 heavy (non-hydrogen) atoms. The van der Waals surface area contributed by atoms with E-state index < -0.39 is 11.2 Å². The van der Waals surface area contributed by atoms with Gasteiger partial charge in [-0.1, -0.05) is 90.8 Å². The average molecular weight is 492 g/mol. The van der Waals surface area contributed by atoms with Crippen LogP contribution in [0.4, 0.5) is 5.69 Å². The van der Waals surface area contributed by atoms with Crippen LogP contribution in [0.5, 0.6) is 0 Å². The third-order valence-corrected chi connectivity index (χ3v) is 6.89. The van der Waals surface area contributed by atoms with Gasteiger partial charge in [-0.15, -0.1) is 0 Å². The molecular formula is C26H23Cl2N5O. The SMILES string of the molecule is CCC1(C)N=C(N)N=C2N(c3cc(Cl)cc(Cl)c3)C(=O)C(c3ccccc3)(c3ccccc3)N21. The highest BCUT2D eigenvalue weighted by molar-refractivity contribution is 6.36. The molecule has 1 amide bonds. The summed E-state index contributed by atoms with van der Waals surface area (Å²) < 4.78 is 0. The largest absolute Gasteiger partial charge is 0.368 e. The summed E-state index contributed by atoms with van der Waals surface area (Å²) in [6, 6.07) is 24.4. The number of benzene rings is 3. The first-order valence-electron chi connectivity index (χ1n) is 11.0. The smallest absolute Gasteiger partial charge is 0.269 e. The number of fused-ring (bicyclic) bond motifs is 1. The van der Waals surface area contributed by atoms with E-state index in [1.807, 2.05) is 79.4 Å². The number of nitrogens with zero attached hydrogens (tertiary/aromatic N) is 4. The van der Waals surface area contributed by atoms with Crippen molar-refractivity contribution in [3.63, 3.8) is 0 Å². The summed E-state index contributed by atoms with van der Waals surface area (Å²) in [5.41, 5.74) is 6.21. The van der Waals surface area contributed by atoms with Crippen molar-refractivity contribution < 1.29 is 4.79 Å². The standard InChI is InChI=1S/C26H23Cl2N5O/c1-3-25(2)31-23(29)30-24-32(21-15-19(27)14-20(28)16-21)22(34)26(33(24)25,17-10-6-4-7-11-17)18-12-8-5-9-13-18/h4-16H,3H2,1-2H3,(H2,29,31). The number of carbonyl (C=O) groups excluding carboxylic acids is 1. The molecule has 0 radical (unpaired) electrons. The Morgan fingerprint density at radius 3 is 1.94 bits per heavy atom. The third-order valence-electron chi connectivity index (χ3n) is 6.46. The first-order chi connectivity index (χ1) is 16.3. The number of halogens is 2. The van der Waals surface area contributed by atoms with E-state index in [0.29, 0.717) is 28.1 Å². The lowest BCUT2D eigenvalue weighted by Gasteiger charge is -2.47. The Kier molecular flexibility index (Phi) is 5.38. The van der Waals surface area contributed by atoms with Crippen molar-refractivity contribution in [1.29, 1.82) is 0 Å². The third kappa shape index (κ3) is 3.21. The maximum atomic E-state index is 14.8. The number of rotatable bonds is 4. The molecule has 6 nitrogen and oxygen atoms in total. The van der Waals surface area contributed by atoms with Crippen LogP contribution < -0.4 is 10.6 Å². The number of hydrogen-bond acceptors (Lipinski definition) is 5. The van der Waals surface area contributed by atoms with Gasteiger partial charge in [0.2, 0.25) is 11.9 Å². The molecular weight excluding hydrogens is 469 g/mol. The van der Waals surface area contributed by atoms with Gasteiger partial charge < -0.3 is 5.73 Å². The maximum absolute atomic E-state index is 14.8. The Morgan fingerprint density at radius 1 is 0.912 bits per heavy atom. The minimum atomic E-state index is -1.24. The van der Waals surface area contributed by atoms with Gasteiger partial charge in [0.1, 0.15) is 5.66 Å². The molecule has 0 saturated carbocycles. The zero-order chi connectivity index (χ0) is 24.1. The Bertz CT molecular complexity index is 1270. The Balaban J connectivity index is 1.90. The molecule has 0 bridgehead atoms. The minimum Gasteiger partial charge on any atom is -0.368 e. The second-order valence-corrected chi connectivity index (χ2v) is 9.37. The summed E-state index contributed by atoms with van der Waals surface area (Å²) in [7, 11) is 0. The van der Waals surface area contributed by atoms with Crippen LogP contribution in [0.2, 0.25) is 10.0 Å². The molecule has 5 rings (SSSR count). The van der Waals surface area contributed by atoms with Crippen LogP contribution in [0.3, 0.4) is 0 Å². The minimum absolute atomic E-state index is 0.110. The number of amides is 1. The molecule has 1 saturated heterocycles. The van der Waals surface area contributed by atoms with Gasteiger partial charge in [-0.3, -0.25) is 9.69 Å². The van der Waals surface area contributed by atoms with Gasteiger partial charge in [-0.05, 0) is 42.7 Å². The van der Waals surface area contributed by atoms with Gasteiger partial charge in [0.05, 0.1) is 5.69 Å². The second kappa shape index (κ2) is 8.15. The maximum Gasteiger partial charge on any atom is 0.269 e. The summed E-state index contributed by atoms with van der Waals surface area (Å²) in [4.78, 5) is 27.6. The summed E-state index contributed by atoms with van der Waals surface area (Å²) >= 11 is 12.7. The van der Waals surface area contributed by atoms with E-state index in [1.165, 1.54) is 0 Å². The van der Waals surface area contributed by atoms with E-state index in [1.54, 1.807) is 23.1 Å². The molecule has 2 N–H and O–H groups in total. The number of anilines is 1. The monoisotopic (exact) mass is 491 g/mol. The lowest BCUT2D eigenvalue weighted by Crippen LogP contribution is -2.59. The normalized spacial score (nSPS) is 21.2. The molecule has 3 aromatic rings. The van der Waals surface area contributed by atoms with E-state index in [4.69, 9.17) is 33.9 Å². The quantitative estimate of drug-likeness (QED) is 0.530. The van der Waals surface area contributed by atoms with Gasteiger partial charge >= 0.3 is 0 Å². The Labute approximate surface area is 208 Å². The fourth-order valence-corrected chi connectivity index (χ4v) is 5.38. The summed E-state index contributed by atoms with van der Waals surface area (Å²) in [6.45, 7) is 3.99. The highest BCUT2D eigenvalue weighted by Gasteiger charge is 2.64. The van der Waals surface area contributed by atoms with Crippen molar-refractivity contribution in [3.8, 4) is 0 Å². The molecule has 2 aliphatic rings. The van der Waals surface area contributed by atoms with Crippen molar-refractivity contribution in [2.45, 2.75) is 31.5 Å². The number of carbonyl (C=O) groups is 1. The number of nitrogens with two attached hydrogens (primary N) is 1. The van der Waals surface area contributed by atoms with Crippen molar-refractivity contribution in [2.24, 2.45) is 15.7 Å². The van der Waals surface area contributed by atoms with Gasteiger partial charge in [-0.25, -0.2) is 9.89 Å². The average Bonchev–Trinajstić information content (AvgIpc) is 3.09. The van der Waals surface area contributed by atoms with Crippen LogP contribution in [0.1, 0.15) is 31.4 Å². The summed E-state index contributed by atoms with van der Waals surface area (Å²) in [5.74, 6) is 0.276. The first kappa shape index (κ1) is 22.4. The fourth-order valence-electron chi connectivity index (χ4n) is 4.87. The highest BCUT2D eigenvalue weighted by atomic mass is 35.5. The fraction of sp³-hybridized carbons (Fsp3) is 0.192. The Hall–Kier alpha value is -3.35. The van der Waals surface area contributed by atoms with Crippen molar-refractivity contribution in [3.05, 3.63) is 100 Å². The highest BCUT2D eigenvalue weighted by Crippen LogP contribution is 2.50. The first-order valence-corrected chi connectivity index (χ1v) is 11.7. The van der Waals surface area contributed by atoms with E-state index >= 15 is 0 Å². The zero-order valence-corrected chi connectivity index (χ0v) is 20.3.